The fourth-order valence-electron chi connectivity index (χ4n) is 3.88. The molecule has 0 saturated carbocycles. The van der Waals surface area contributed by atoms with E-state index in [0.29, 0.717) is 12.2 Å². The van der Waals surface area contributed by atoms with Crippen LogP contribution in [0.3, 0.4) is 0 Å². The molecule has 1 aliphatic rings. The molecule has 1 aromatic carbocycles. The molecule has 1 amide bonds. The number of hydrogen-bond acceptors (Lipinski definition) is 7. The molecule has 1 aromatic heterocycles. The number of amides is 1. The summed E-state index contributed by atoms with van der Waals surface area (Å²) < 4.78 is 0. The first-order valence-corrected chi connectivity index (χ1v) is 10.2. The number of carbonyl (C=O) groups is 2. The molecule has 0 aliphatic carbocycles. The predicted molar refractivity (Wildman–Crippen MR) is 119 cm³/mol. The molecule has 0 spiro atoms. The van der Waals surface area contributed by atoms with Crippen LogP contribution >= 0.6 is 0 Å². The third-order valence-electron chi connectivity index (χ3n) is 5.26. The SMILES string of the molecule is CN(C)Cc1cnc(N2CCC(N(C(=O)C=O)c3ccccc3N(C)C)CC2)nc1. The van der Waals surface area contributed by atoms with Crippen LogP contribution in [0.4, 0.5) is 17.3 Å². The van der Waals surface area contributed by atoms with E-state index in [1.54, 1.807) is 4.90 Å². The van der Waals surface area contributed by atoms with Crippen molar-refractivity contribution >= 4 is 29.5 Å². The van der Waals surface area contributed by atoms with E-state index in [2.05, 4.69) is 19.8 Å². The zero-order chi connectivity index (χ0) is 21.7. The maximum atomic E-state index is 12.6. The maximum Gasteiger partial charge on any atom is 0.291 e. The number of hydrogen-bond donors (Lipinski definition) is 0. The van der Waals surface area contributed by atoms with E-state index in [1.807, 2.05) is 69.7 Å². The molecule has 8 heteroatoms. The molecule has 1 aliphatic heterocycles. The second-order valence-electron chi connectivity index (χ2n) is 8.06. The number of carbonyl (C=O) groups excluding carboxylic acids is 2. The molecule has 1 fully saturated rings. The van der Waals surface area contributed by atoms with Gasteiger partial charge in [-0.05, 0) is 39.1 Å². The summed E-state index contributed by atoms with van der Waals surface area (Å²) in [5.74, 6) is 0.199. The highest BCUT2D eigenvalue weighted by molar-refractivity contribution is 6.31. The van der Waals surface area contributed by atoms with Gasteiger partial charge in [0.15, 0.2) is 0 Å². The highest BCUT2D eigenvalue weighted by atomic mass is 16.2. The Balaban J connectivity index is 1.74. The van der Waals surface area contributed by atoms with Gasteiger partial charge in [-0.15, -0.1) is 0 Å². The molecule has 0 radical (unpaired) electrons. The smallest absolute Gasteiger partial charge is 0.291 e. The van der Waals surface area contributed by atoms with Crippen molar-refractivity contribution in [3.63, 3.8) is 0 Å². The van der Waals surface area contributed by atoms with Gasteiger partial charge in [0.25, 0.3) is 5.91 Å². The van der Waals surface area contributed by atoms with E-state index in [0.717, 1.165) is 49.4 Å². The normalized spacial score (nSPS) is 14.6. The largest absolute Gasteiger partial charge is 0.376 e. The fourth-order valence-corrected chi connectivity index (χ4v) is 3.88. The Bertz CT molecular complexity index is 860. The molecule has 2 aromatic rings. The number of benzene rings is 1. The molecule has 30 heavy (non-hydrogen) atoms. The van der Waals surface area contributed by atoms with E-state index in [9.17, 15) is 9.59 Å². The van der Waals surface area contributed by atoms with Crippen LogP contribution in [0.15, 0.2) is 36.7 Å². The molecule has 1 saturated heterocycles. The lowest BCUT2D eigenvalue weighted by Gasteiger charge is -2.39. The number of anilines is 3. The van der Waals surface area contributed by atoms with Crippen molar-refractivity contribution in [2.24, 2.45) is 0 Å². The Kier molecular flexibility index (Phi) is 6.99. The highest BCUT2D eigenvalue weighted by Crippen LogP contribution is 2.32. The minimum absolute atomic E-state index is 0.0481. The number of rotatable bonds is 7. The van der Waals surface area contributed by atoms with E-state index in [-0.39, 0.29) is 6.04 Å². The first-order valence-electron chi connectivity index (χ1n) is 10.2. The average Bonchev–Trinajstić information content (AvgIpc) is 2.74. The minimum Gasteiger partial charge on any atom is -0.376 e. The number of aromatic nitrogens is 2. The summed E-state index contributed by atoms with van der Waals surface area (Å²) in [5, 5.41) is 0. The van der Waals surface area contributed by atoms with Gasteiger partial charge in [-0.25, -0.2) is 9.97 Å². The van der Waals surface area contributed by atoms with Crippen LogP contribution in [0.2, 0.25) is 0 Å². The number of para-hydroxylation sites is 2. The summed E-state index contributed by atoms with van der Waals surface area (Å²) in [6, 6.07) is 7.63. The summed E-state index contributed by atoms with van der Waals surface area (Å²) in [7, 11) is 7.89. The molecule has 8 nitrogen and oxygen atoms in total. The Morgan fingerprint density at radius 2 is 1.67 bits per heavy atom. The second-order valence-corrected chi connectivity index (χ2v) is 8.06. The molecule has 0 unspecified atom stereocenters. The minimum atomic E-state index is -0.507. The van der Waals surface area contributed by atoms with Crippen LogP contribution in [0.5, 0.6) is 0 Å². The van der Waals surface area contributed by atoms with Crippen LogP contribution in [0.1, 0.15) is 18.4 Å². The van der Waals surface area contributed by atoms with Gasteiger partial charge in [-0.2, -0.15) is 0 Å². The van der Waals surface area contributed by atoms with E-state index in [4.69, 9.17) is 0 Å². The van der Waals surface area contributed by atoms with Crippen molar-refractivity contribution in [3.05, 3.63) is 42.2 Å². The molecule has 160 valence electrons. The Hall–Kier alpha value is -3.00. The highest BCUT2D eigenvalue weighted by Gasteiger charge is 2.31. The number of nitrogens with zero attached hydrogens (tertiary/aromatic N) is 6. The van der Waals surface area contributed by atoms with Crippen molar-refractivity contribution in [2.75, 3.05) is 56.0 Å². The zero-order valence-corrected chi connectivity index (χ0v) is 18.2. The van der Waals surface area contributed by atoms with Gasteiger partial charge in [0.2, 0.25) is 12.2 Å². The van der Waals surface area contributed by atoms with Crippen molar-refractivity contribution in [1.29, 1.82) is 0 Å². The zero-order valence-electron chi connectivity index (χ0n) is 18.2. The Morgan fingerprint density at radius 1 is 1.07 bits per heavy atom. The van der Waals surface area contributed by atoms with E-state index in [1.165, 1.54) is 0 Å². The first-order chi connectivity index (χ1) is 14.4. The van der Waals surface area contributed by atoms with Gasteiger partial charge >= 0.3 is 0 Å². The average molecular weight is 411 g/mol. The van der Waals surface area contributed by atoms with Crippen LogP contribution in [0.25, 0.3) is 0 Å². The van der Waals surface area contributed by atoms with Gasteiger partial charge in [-0.1, -0.05) is 12.1 Å². The lowest BCUT2D eigenvalue weighted by Crippen LogP contribution is -2.48. The van der Waals surface area contributed by atoms with Crippen molar-refractivity contribution in [1.82, 2.24) is 14.9 Å². The lowest BCUT2D eigenvalue weighted by molar-refractivity contribution is -0.129. The Labute approximate surface area is 178 Å². The summed E-state index contributed by atoms with van der Waals surface area (Å²) in [5.41, 5.74) is 2.75. The van der Waals surface area contributed by atoms with Gasteiger partial charge in [0.05, 0.1) is 11.4 Å². The maximum absolute atomic E-state index is 12.6. The molecule has 0 bridgehead atoms. The third-order valence-corrected chi connectivity index (χ3v) is 5.26. The van der Waals surface area contributed by atoms with Crippen LogP contribution in [-0.4, -0.2) is 74.4 Å². The first kappa shape index (κ1) is 21.7. The molecule has 2 heterocycles. The monoisotopic (exact) mass is 410 g/mol. The quantitative estimate of drug-likeness (QED) is 0.509. The summed E-state index contributed by atoms with van der Waals surface area (Å²) in [6.45, 7) is 2.26. The van der Waals surface area contributed by atoms with E-state index < -0.39 is 5.91 Å². The third kappa shape index (κ3) is 4.94. The Morgan fingerprint density at radius 3 is 2.20 bits per heavy atom. The fraction of sp³-hybridized carbons (Fsp3) is 0.455. The van der Waals surface area contributed by atoms with Gasteiger partial charge in [-0.3, -0.25) is 9.59 Å². The van der Waals surface area contributed by atoms with Crippen molar-refractivity contribution in [2.45, 2.75) is 25.4 Å². The summed E-state index contributed by atoms with van der Waals surface area (Å²) in [4.78, 5) is 40.8. The van der Waals surface area contributed by atoms with Crippen LogP contribution in [0, 0.1) is 0 Å². The summed E-state index contributed by atoms with van der Waals surface area (Å²) >= 11 is 0. The lowest BCUT2D eigenvalue weighted by atomic mass is 10.0. The van der Waals surface area contributed by atoms with Gasteiger partial charge < -0.3 is 19.6 Å². The standard InChI is InChI=1S/C22H30N6O2/c1-25(2)15-17-13-23-22(24-14-17)27-11-9-18(10-12-27)28(21(30)16-29)20-8-6-5-7-19(20)26(3)4/h5-8,13-14,16,18H,9-12,15H2,1-4H3. The van der Waals surface area contributed by atoms with Crippen molar-refractivity contribution < 1.29 is 9.59 Å². The van der Waals surface area contributed by atoms with E-state index >= 15 is 0 Å². The van der Waals surface area contributed by atoms with Crippen molar-refractivity contribution in [3.8, 4) is 0 Å². The van der Waals surface area contributed by atoms with Gasteiger partial charge in [0, 0.05) is 57.7 Å². The summed E-state index contributed by atoms with van der Waals surface area (Å²) in [6.07, 6.45) is 5.62. The number of aldehydes is 1. The van der Waals surface area contributed by atoms with Crippen LogP contribution in [-0.2, 0) is 16.1 Å². The molecule has 0 atom stereocenters. The molecular formula is C22H30N6O2. The molecular weight excluding hydrogens is 380 g/mol. The van der Waals surface area contributed by atoms with Crippen LogP contribution < -0.4 is 14.7 Å². The predicted octanol–water partition coefficient (Wildman–Crippen LogP) is 1.81. The van der Waals surface area contributed by atoms with Gasteiger partial charge in [0.1, 0.15) is 0 Å². The topological polar surface area (TPSA) is 72.9 Å². The molecule has 3 rings (SSSR count). The number of piperidine rings is 1. The second kappa shape index (κ2) is 9.67. The molecule has 0 N–H and O–H groups in total.